The van der Waals surface area contributed by atoms with E-state index in [1.54, 1.807) is 0 Å². The molecule has 0 saturated carbocycles. The van der Waals surface area contributed by atoms with Gasteiger partial charge in [-0.2, -0.15) is 0 Å². The van der Waals surface area contributed by atoms with Gasteiger partial charge in [0.2, 0.25) is 11.8 Å². The molecule has 0 aromatic heterocycles. The molecule has 2 amide bonds. The summed E-state index contributed by atoms with van der Waals surface area (Å²) in [6, 6.07) is 29.6. The van der Waals surface area contributed by atoms with Gasteiger partial charge in [0.05, 0.1) is 12.0 Å². The average Bonchev–Trinajstić information content (AvgIpc) is 2.86. The Hall–Kier alpha value is -3.40. The number of nitrogens with zero attached hydrogens (tertiary/aromatic N) is 1. The Morgan fingerprint density at radius 2 is 1.24 bits per heavy atom. The third-order valence-electron chi connectivity index (χ3n) is 5.89. The van der Waals surface area contributed by atoms with Gasteiger partial charge in [0.25, 0.3) is 0 Å². The van der Waals surface area contributed by atoms with Crippen molar-refractivity contribution in [1.82, 2.24) is 10.2 Å². The van der Waals surface area contributed by atoms with E-state index in [1.807, 2.05) is 103 Å². The molecular weight excluding hydrogens is 408 g/mol. The number of benzene rings is 3. The summed E-state index contributed by atoms with van der Waals surface area (Å²) in [6.45, 7) is 5.15. The lowest BCUT2D eigenvalue weighted by Crippen LogP contribution is -2.39. The van der Waals surface area contributed by atoms with Gasteiger partial charge in [-0.3, -0.25) is 9.59 Å². The second kappa shape index (κ2) is 12.6. The van der Waals surface area contributed by atoms with Crippen molar-refractivity contribution in [2.75, 3.05) is 13.1 Å². The molecule has 1 N–H and O–H groups in total. The molecule has 0 aliphatic heterocycles. The van der Waals surface area contributed by atoms with Gasteiger partial charge in [0, 0.05) is 19.5 Å². The first kappa shape index (κ1) is 24.2. The van der Waals surface area contributed by atoms with E-state index in [0.717, 1.165) is 29.5 Å². The number of unbranched alkanes of at least 4 members (excludes halogenated alkanes) is 1. The summed E-state index contributed by atoms with van der Waals surface area (Å²) in [5.74, 6) is -0.378. The van der Waals surface area contributed by atoms with E-state index in [2.05, 4.69) is 12.2 Å². The van der Waals surface area contributed by atoms with Crippen LogP contribution in [0.4, 0.5) is 0 Å². The topological polar surface area (TPSA) is 49.4 Å². The third kappa shape index (κ3) is 7.04. The minimum absolute atomic E-state index is 0.0448. The summed E-state index contributed by atoms with van der Waals surface area (Å²) in [6.07, 6.45) is 2.18. The third-order valence-corrected chi connectivity index (χ3v) is 5.89. The highest BCUT2D eigenvalue weighted by atomic mass is 16.2. The van der Waals surface area contributed by atoms with Gasteiger partial charge in [-0.25, -0.2) is 0 Å². The molecule has 33 heavy (non-hydrogen) atoms. The first-order valence-electron chi connectivity index (χ1n) is 11.8. The fourth-order valence-electron chi connectivity index (χ4n) is 4.01. The van der Waals surface area contributed by atoms with Crippen LogP contribution in [-0.4, -0.2) is 29.8 Å². The molecule has 0 spiro atoms. The minimum atomic E-state index is -0.379. The maximum Gasteiger partial charge on any atom is 0.234 e. The molecule has 0 fully saturated rings. The molecule has 1 atom stereocenters. The van der Waals surface area contributed by atoms with Crippen LogP contribution in [0.1, 0.15) is 61.8 Å². The Morgan fingerprint density at radius 3 is 1.73 bits per heavy atom. The number of carbonyl (C=O) groups is 2. The smallest absolute Gasteiger partial charge is 0.234 e. The van der Waals surface area contributed by atoms with Crippen LogP contribution in [0.5, 0.6) is 0 Å². The molecule has 3 aromatic rings. The van der Waals surface area contributed by atoms with Gasteiger partial charge in [-0.1, -0.05) is 104 Å². The molecule has 4 nitrogen and oxygen atoms in total. The highest BCUT2D eigenvalue weighted by Crippen LogP contribution is 2.27. The Bertz CT molecular complexity index is 950. The summed E-state index contributed by atoms with van der Waals surface area (Å²) in [5, 5.41) is 3.06. The van der Waals surface area contributed by atoms with Gasteiger partial charge < -0.3 is 10.2 Å². The first-order chi connectivity index (χ1) is 16.1. The molecule has 0 bridgehead atoms. The number of hydrogen-bond donors (Lipinski definition) is 1. The van der Waals surface area contributed by atoms with Crippen molar-refractivity contribution in [3.8, 4) is 0 Å². The molecule has 172 valence electrons. The minimum Gasteiger partial charge on any atom is -0.350 e. The molecule has 0 aliphatic carbocycles. The Kier molecular flexibility index (Phi) is 9.25. The van der Waals surface area contributed by atoms with Gasteiger partial charge in [-0.05, 0) is 30.0 Å². The average molecular weight is 443 g/mol. The van der Waals surface area contributed by atoms with E-state index in [-0.39, 0.29) is 30.2 Å². The first-order valence-corrected chi connectivity index (χ1v) is 11.8. The number of rotatable bonds is 11. The second-order valence-corrected chi connectivity index (χ2v) is 8.38. The fourth-order valence-corrected chi connectivity index (χ4v) is 4.01. The number of hydrogen-bond acceptors (Lipinski definition) is 2. The van der Waals surface area contributed by atoms with Crippen LogP contribution < -0.4 is 5.32 Å². The van der Waals surface area contributed by atoms with Crippen molar-refractivity contribution < 1.29 is 9.59 Å². The molecular formula is C29H34N2O2. The number of amides is 2. The van der Waals surface area contributed by atoms with Gasteiger partial charge in [0.15, 0.2) is 0 Å². The standard InChI is InChI=1S/C29H34N2O2/c1-3-4-21-31(22-20-27(32)30-23(2)24-14-8-5-9-15-24)29(33)28(25-16-10-6-11-17-25)26-18-12-7-13-19-26/h5-19,23,28H,3-4,20-22H2,1-2H3,(H,30,32). The van der Waals surface area contributed by atoms with Crippen LogP contribution in [-0.2, 0) is 9.59 Å². The molecule has 0 heterocycles. The molecule has 0 radical (unpaired) electrons. The lowest BCUT2D eigenvalue weighted by atomic mass is 9.90. The summed E-state index contributed by atoms with van der Waals surface area (Å²) >= 11 is 0. The largest absolute Gasteiger partial charge is 0.350 e. The Morgan fingerprint density at radius 1 is 0.758 bits per heavy atom. The molecule has 0 saturated heterocycles. The van der Waals surface area contributed by atoms with Crippen molar-refractivity contribution >= 4 is 11.8 Å². The van der Waals surface area contributed by atoms with Crippen molar-refractivity contribution in [2.45, 2.75) is 45.1 Å². The zero-order chi connectivity index (χ0) is 23.5. The number of carbonyl (C=O) groups excluding carboxylic acids is 2. The lowest BCUT2D eigenvalue weighted by Gasteiger charge is -2.28. The summed E-state index contributed by atoms with van der Waals surface area (Å²) in [5.41, 5.74) is 3.01. The maximum atomic E-state index is 13.8. The van der Waals surface area contributed by atoms with E-state index in [4.69, 9.17) is 0 Å². The van der Waals surface area contributed by atoms with Crippen LogP contribution in [0.25, 0.3) is 0 Å². The molecule has 3 rings (SSSR count). The van der Waals surface area contributed by atoms with Crippen molar-refractivity contribution in [3.05, 3.63) is 108 Å². The summed E-state index contributed by atoms with van der Waals surface area (Å²) in [7, 11) is 0. The monoisotopic (exact) mass is 442 g/mol. The fraction of sp³-hybridized carbons (Fsp3) is 0.310. The molecule has 4 heteroatoms. The van der Waals surface area contributed by atoms with Crippen LogP contribution in [0.2, 0.25) is 0 Å². The lowest BCUT2D eigenvalue weighted by molar-refractivity contribution is -0.132. The van der Waals surface area contributed by atoms with Crippen molar-refractivity contribution in [3.63, 3.8) is 0 Å². The predicted octanol–water partition coefficient (Wildman–Crippen LogP) is 5.71. The second-order valence-electron chi connectivity index (χ2n) is 8.38. The van der Waals surface area contributed by atoms with E-state index >= 15 is 0 Å². The Labute approximate surface area is 197 Å². The van der Waals surface area contributed by atoms with Crippen LogP contribution >= 0.6 is 0 Å². The van der Waals surface area contributed by atoms with Gasteiger partial charge in [0.1, 0.15) is 0 Å². The van der Waals surface area contributed by atoms with Crippen LogP contribution in [0, 0.1) is 0 Å². The summed E-state index contributed by atoms with van der Waals surface area (Å²) in [4.78, 5) is 28.4. The normalized spacial score (nSPS) is 11.7. The van der Waals surface area contributed by atoms with E-state index in [1.165, 1.54) is 0 Å². The highest BCUT2D eigenvalue weighted by Gasteiger charge is 2.27. The quantitative estimate of drug-likeness (QED) is 0.413. The molecule has 3 aromatic carbocycles. The zero-order valence-electron chi connectivity index (χ0n) is 19.6. The zero-order valence-corrected chi connectivity index (χ0v) is 19.6. The van der Waals surface area contributed by atoms with Crippen LogP contribution in [0.15, 0.2) is 91.0 Å². The SMILES string of the molecule is CCCCN(CCC(=O)NC(C)c1ccccc1)C(=O)C(c1ccccc1)c1ccccc1. The van der Waals surface area contributed by atoms with Crippen molar-refractivity contribution in [2.24, 2.45) is 0 Å². The van der Waals surface area contributed by atoms with E-state index in [9.17, 15) is 9.59 Å². The van der Waals surface area contributed by atoms with Gasteiger partial charge >= 0.3 is 0 Å². The van der Waals surface area contributed by atoms with Crippen molar-refractivity contribution in [1.29, 1.82) is 0 Å². The molecule has 1 unspecified atom stereocenters. The van der Waals surface area contributed by atoms with E-state index < -0.39 is 0 Å². The van der Waals surface area contributed by atoms with E-state index in [0.29, 0.717) is 13.1 Å². The number of nitrogens with one attached hydrogen (secondary N) is 1. The van der Waals surface area contributed by atoms with Gasteiger partial charge in [-0.15, -0.1) is 0 Å². The summed E-state index contributed by atoms with van der Waals surface area (Å²) < 4.78 is 0. The molecule has 0 aliphatic rings. The highest BCUT2D eigenvalue weighted by molar-refractivity contribution is 5.87. The maximum absolute atomic E-state index is 13.8. The Balaban J connectivity index is 1.73. The van der Waals surface area contributed by atoms with Crippen LogP contribution in [0.3, 0.4) is 0 Å². The predicted molar refractivity (Wildman–Crippen MR) is 134 cm³/mol.